The lowest BCUT2D eigenvalue weighted by Crippen LogP contribution is -2.21. The van der Waals surface area contributed by atoms with E-state index in [-0.39, 0.29) is 28.4 Å². The van der Waals surface area contributed by atoms with Gasteiger partial charge in [0, 0.05) is 16.5 Å². The number of nitrogens with one attached hydrogen (secondary N) is 1. The van der Waals surface area contributed by atoms with Crippen LogP contribution in [0.15, 0.2) is 54.6 Å². The highest BCUT2D eigenvalue weighted by atomic mass is 32.1. The van der Waals surface area contributed by atoms with Gasteiger partial charge in [0.2, 0.25) is 0 Å². The summed E-state index contributed by atoms with van der Waals surface area (Å²) in [5.41, 5.74) is 1.38. The number of hydrogen-bond donors (Lipinski definition) is 1. The zero-order valence-corrected chi connectivity index (χ0v) is 18.6. The molecule has 1 heterocycles. The third kappa shape index (κ3) is 5.80. The molecule has 0 spiro atoms. The van der Waals surface area contributed by atoms with Crippen LogP contribution in [-0.2, 0) is 14.3 Å². The summed E-state index contributed by atoms with van der Waals surface area (Å²) >= 11 is 1.18. The van der Waals surface area contributed by atoms with Crippen molar-refractivity contribution in [1.29, 1.82) is 0 Å². The van der Waals surface area contributed by atoms with Crippen molar-refractivity contribution in [2.45, 2.75) is 13.8 Å². The summed E-state index contributed by atoms with van der Waals surface area (Å²) in [5.74, 6) is -2.02. The third-order valence-electron chi connectivity index (χ3n) is 4.49. The lowest BCUT2D eigenvalue weighted by molar-refractivity contribution is -0.385. The summed E-state index contributed by atoms with van der Waals surface area (Å²) in [6.45, 7) is 2.76. The van der Waals surface area contributed by atoms with Gasteiger partial charge in [0.1, 0.15) is 4.88 Å². The molecular formula is C23H20N2O7S. The van der Waals surface area contributed by atoms with E-state index in [2.05, 4.69) is 5.32 Å². The lowest BCUT2D eigenvalue weighted by Gasteiger charge is -2.08. The van der Waals surface area contributed by atoms with Gasteiger partial charge >= 0.3 is 11.9 Å². The summed E-state index contributed by atoms with van der Waals surface area (Å²) in [5, 5.41) is 13.5. The van der Waals surface area contributed by atoms with Crippen LogP contribution in [0.3, 0.4) is 0 Å². The number of nitro benzene ring substituents is 1. The molecule has 10 heteroatoms. The Morgan fingerprint density at radius 1 is 1.03 bits per heavy atom. The summed E-state index contributed by atoms with van der Waals surface area (Å²) in [6.07, 6.45) is 0. The van der Waals surface area contributed by atoms with Gasteiger partial charge < -0.3 is 14.8 Å². The zero-order valence-electron chi connectivity index (χ0n) is 17.8. The van der Waals surface area contributed by atoms with Crippen LogP contribution in [0.1, 0.15) is 32.5 Å². The van der Waals surface area contributed by atoms with Crippen LogP contribution in [0, 0.1) is 17.0 Å². The van der Waals surface area contributed by atoms with Crippen molar-refractivity contribution in [3.05, 3.63) is 80.7 Å². The average Bonchev–Trinajstić information content (AvgIpc) is 3.21. The number of thiophene rings is 1. The van der Waals surface area contributed by atoms with Crippen LogP contribution in [0.5, 0.6) is 0 Å². The van der Waals surface area contributed by atoms with E-state index in [9.17, 15) is 24.5 Å². The molecule has 3 aromatic rings. The fraction of sp³-hybridized carbons (Fsp3) is 0.174. The second-order valence-electron chi connectivity index (χ2n) is 6.82. The molecule has 33 heavy (non-hydrogen) atoms. The first-order chi connectivity index (χ1) is 15.8. The number of hydrogen-bond acceptors (Lipinski definition) is 8. The molecule has 9 nitrogen and oxygen atoms in total. The van der Waals surface area contributed by atoms with Crippen LogP contribution < -0.4 is 5.32 Å². The van der Waals surface area contributed by atoms with E-state index >= 15 is 0 Å². The molecule has 170 valence electrons. The minimum Gasteiger partial charge on any atom is -0.462 e. The molecule has 3 rings (SSSR count). The van der Waals surface area contributed by atoms with E-state index in [0.717, 1.165) is 10.4 Å². The normalized spacial score (nSPS) is 10.4. The predicted molar refractivity (Wildman–Crippen MR) is 122 cm³/mol. The van der Waals surface area contributed by atoms with Crippen LogP contribution in [-0.4, -0.2) is 36.0 Å². The molecule has 0 saturated carbocycles. The molecule has 1 N–H and O–H groups in total. The molecule has 0 fully saturated rings. The fourth-order valence-corrected chi connectivity index (χ4v) is 3.98. The molecule has 0 radical (unpaired) electrons. The van der Waals surface area contributed by atoms with Gasteiger partial charge in [0.05, 0.1) is 22.8 Å². The third-order valence-corrected chi connectivity index (χ3v) is 5.65. The van der Waals surface area contributed by atoms with Crippen LogP contribution in [0.2, 0.25) is 0 Å². The minimum absolute atomic E-state index is 0.0833. The highest BCUT2D eigenvalue weighted by Gasteiger charge is 2.21. The summed E-state index contributed by atoms with van der Waals surface area (Å²) in [4.78, 5) is 48.3. The second kappa shape index (κ2) is 10.5. The van der Waals surface area contributed by atoms with Gasteiger partial charge in [-0.15, -0.1) is 11.3 Å². The van der Waals surface area contributed by atoms with Gasteiger partial charge in [-0.1, -0.05) is 30.3 Å². The Morgan fingerprint density at radius 3 is 2.39 bits per heavy atom. The minimum atomic E-state index is -0.802. The maximum Gasteiger partial charge on any atom is 0.350 e. The number of ether oxygens (including phenoxy) is 2. The number of rotatable bonds is 8. The molecule has 1 amide bonds. The number of benzene rings is 2. The van der Waals surface area contributed by atoms with Crippen molar-refractivity contribution in [2.24, 2.45) is 0 Å². The van der Waals surface area contributed by atoms with Gasteiger partial charge in [-0.2, -0.15) is 0 Å². The molecule has 0 aliphatic rings. The lowest BCUT2D eigenvalue weighted by atomic mass is 10.1. The molecule has 0 aliphatic heterocycles. The van der Waals surface area contributed by atoms with Crippen molar-refractivity contribution >= 4 is 40.6 Å². The Bertz CT molecular complexity index is 1200. The topological polar surface area (TPSA) is 125 Å². The average molecular weight is 468 g/mol. The van der Waals surface area contributed by atoms with E-state index in [0.29, 0.717) is 5.56 Å². The van der Waals surface area contributed by atoms with E-state index in [1.54, 1.807) is 13.0 Å². The van der Waals surface area contributed by atoms with Gasteiger partial charge in [-0.3, -0.25) is 14.9 Å². The predicted octanol–water partition coefficient (Wildman–Crippen LogP) is 4.60. The molecule has 1 aromatic heterocycles. The molecule has 2 aromatic carbocycles. The van der Waals surface area contributed by atoms with Crippen LogP contribution in [0.25, 0.3) is 10.4 Å². The van der Waals surface area contributed by atoms with E-state index < -0.39 is 29.4 Å². The molecule has 0 aliphatic carbocycles. The smallest absolute Gasteiger partial charge is 0.350 e. The number of carbonyl (C=O) groups excluding carboxylic acids is 3. The Kier molecular flexibility index (Phi) is 7.52. The molecule has 0 unspecified atom stereocenters. The first-order valence-electron chi connectivity index (χ1n) is 9.88. The molecule has 0 bridgehead atoms. The zero-order chi connectivity index (χ0) is 24.0. The Morgan fingerprint density at radius 2 is 1.76 bits per heavy atom. The highest BCUT2D eigenvalue weighted by Crippen LogP contribution is 2.35. The number of nitrogens with zero attached hydrogens (tertiary/aromatic N) is 1. The quantitative estimate of drug-likeness (QED) is 0.291. The van der Waals surface area contributed by atoms with Crippen molar-refractivity contribution in [3.8, 4) is 10.4 Å². The maximum absolute atomic E-state index is 12.4. The SMILES string of the molecule is CCOC(=O)c1sc(-c2ccccc2)cc1NC(=O)COC(=O)c1ccc([N+](=O)[O-])c(C)c1. The van der Waals surface area contributed by atoms with E-state index in [4.69, 9.17) is 9.47 Å². The number of carbonyl (C=O) groups is 3. The van der Waals surface area contributed by atoms with E-state index in [1.165, 1.54) is 36.5 Å². The Labute approximate surface area is 193 Å². The molecule has 0 saturated heterocycles. The van der Waals surface area contributed by atoms with Gasteiger partial charge in [0.15, 0.2) is 6.61 Å². The Balaban J connectivity index is 1.71. The maximum atomic E-state index is 12.4. The Hall–Kier alpha value is -4.05. The second-order valence-corrected chi connectivity index (χ2v) is 7.87. The van der Waals surface area contributed by atoms with Gasteiger partial charge in [-0.25, -0.2) is 9.59 Å². The number of amides is 1. The van der Waals surface area contributed by atoms with Crippen LogP contribution in [0.4, 0.5) is 11.4 Å². The van der Waals surface area contributed by atoms with E-state index in [1.807, 2.05) is 30.3 Å². The molecule has 0 atom stereocenters. The first kappa shape index (κ1) is 23.6. The number of anilines is 1. The summed E-state index contributed by atoms with van der Waals surface area (Å²) in [7, 11) is 0. The number of nitro groups is 1. The standard InChI is InChI=1S/C23H20N2O7S/c1-3-31-23(28)21-17(12-19(33-21)15-7-5-4-6-8-15)24-20(26)13-32-22(27)16-9-10-18(25(29)30)14(2)11-16/h4-12H,3,13H2,1-2H3,(H,24,26). The largest absolute Gasteiger partial charge is 0.462 e. The van der Waals surface area contributed by atoms with Gasteiger partial charge in [0.25, 0.3) is 11.6 Å². The van der Waals surface area contributed by atoms with Crippen molar-refractivity contribution in [1.82, 2.24) is 0 Å². The highest BCUT2D eigenvalue weighted by molar-refractivity contribution is 7.18. The summed E-state index contributed by atoms with van der Waals surface area (Å²) < 4.78 is 10.1. The van der Waals surface area contributed by atoms with Crippen molar-refractivity contribution in [3.63, 3.8) is 0 Å². The molecular weight excluding hydrogens is 448 g/mol. The van der Waals surface area contributed by atoms with Crippen molar-refractivity contribution in [2.75, 3.05) is 18.5 Å². The van der Waals surface area contributed by atoms with Crippen molar-refractivity contribution < 1.29 is 28.8 Å². The van der Waals surface area contributed by atoms with Crippen LogP contribution >= 0.6 is 11.3 Å². The number of esters is 2. The monoisotopic (exact) mass is 468 g/mol. The summed E-state index contributed by atoms with van der Waals surface area (Å²) in [6, 6.07) is 14.8. The fourth-order valence-electron chi connectivity index (χ4n) is 2.96. The number of aryl methyl sites for hydroxylation is 1. The first-order valence-corrected chi connectivity index (χ1v) is 10.7. The van der Waals surface area contributed by atoms with Gasteiger partial charge in [-0.05, 0) is 37.6 Å².